The first-order valence-corrected chi connectivity index (χ1v) is 10.0. The summed E-state index contributed by atoms with van der Waals surface area (Å²) in [6, 6.07) is 7.64. The van der Waals surface area contributed by atoms with Crippen molar-refractivity contribution < 1.29 is 4.79 Å². The zero-order chi connectivity index (χ0) is 19.8. The Bertz CT molecular complexity index is 894. The van der Waals surface area contributed by atoms with Crippen molar-refractivity contribution in [3.8, 4) is 0 Å². The van der Waals surface area contributed by atoms with Crippen LogP contribution in [0.15, 0.2) is 24.3 Å². The smallest absolute Gasteiger partial charge is 0.247 e. The molecule has 1 aromatic carbocycles. The van der Waals surface area contributed by atoms with Crippen LogP contribution in [0.25, 0.3) is 0 Å². The van der Waals surface area contributed by atoms with Gasteiger partial charge >= 0.3 is 0 Å². The lowest BCUT2D eigenvalue weighted by Crippen LogP contribution is -2.48. The normalized spacial score (nSPS) is 19.3. The maximum atomic E-state index is 12.5. The highest BCUT2D eigenvalue weighted by Crippen LogP contribution is 2.35. The summed E-state index contributed by atoms with van der Waals surface area (Å²) in [5.41, 5.74) is 1.81. The van der Waals surface area contributed by atoms with Gasteiger partial charge in [0.15, 0.2) is 11.6 Å². The predicted octanol–water partition coefficient (Wildman–Crippen LogP) is 3.15. The van der Waals surface area contributed by atoms with E-state index in [0.717, 1.165) is 42.7 Å². The minimum atomic E-state index is -0.283. The molecule has 7 nitrogen and oxygen atoms in total. The SMILES string of the molecule is Cc1nc2c(c(N3CCN(c4cccc(Cl)c4)CC3)n1)NC(=O)C(C(C)C)N2. The van der Waals surface area contributed by atoms with Crippen LogP contribution >= 0.6 is 11.6 Å². The van der Waals surface area contributed by atoms with Gasteiger partial charge in [0.25, 0.3) is 0 Å². The van der Waals surface area contributed by atoms with Crippen LogP contribution in [0.2, 0.25) is 5.02 Å². The average Bonchev–Trinajstić information content (AvgIpc) is 2.67. The molecule has 2 N–H and O–H groups in total. The molecule has 0 saturated carbocycles. The van der Waals surface area contributed by atoms with Crippen LogP contribution in [0.5, 0.6) is 0 Å². The summed E-state index contributed by atoms with van der Waals surface area (Å²) in [6.07, 6.45) is 0. The van der Waals surface area contributed by atoms with Crippen LogP contribution < -0.4 is 20.4 Å². The van der Waals surface area contributed by atoms with Gasteiger partial charge in [0.1, 0.15) is 17.6 Å². The topological polar surface area (TPSA) is 73.4 Å². The highest BCUT2D eigenvalue weighted by Gasteiger charge is 2.33. The Labute approximate surface area is 170 Å². The highest BCUT2D eigenvalue weighted by atomic mass is 35.5. The van der Waals surface area contributed by atoms with E-state index in [1.807, 2.05) is 39.0 Å². The summed E-state index contributed by atoms with van der Waals surface area (Å²) in [7, 11) is 0. The van der Waals surface area contributed by atoms with Crippen LogP contribution in [0.4, 0.5) is 23.0 Å². The fourth-order valence-corrected chi connectivity index (χ4v) is 3.92. The van der Waals surface area contributed by atoms with Crippen LogP contribution in [-0.4, -0.2) is 48.1 Å². The lowest BCUT2D eigenvalue weighted by atomic mass is 10.0. The minimum Gasteiger partial charge on any atom is -0.368 e. The molecule has 0 radical (unpaired) electrons. The fraction of sp³-hybridized carbons (Fsp3) is 0.450. The van der Waals surface area contributed by atoms with Crippen molar-refractivity contribution in [3.63, 3.8) is 0 Å². The molecular weight excluding hydrogens is 376 g/mol. The molecule has 3 heterocycles. The first-order chi connectivity index (χ1) is 13.4. The van der Waals surface area contributed by atoms with Crippen molar-refractivity contribution in [1.29, 1.82) is 0 Å². The van der Waals surface area contributed by atoms with E-state index in [0.29, 0.717) is 17.3 Å². The molecule has 1 fully saturated rings. The second-order valence-electron chi connectivity index (χ2n) is 7.63. The monoisotopic (exact) mass is 400 g/mol. The van der Waals surface area contributed by atoms with Crippen molar-refractivity contribution in [2.24, 2.45) is 5.92 Å². The van der Waals surface area contributed by atoms with E-state index in [1.165, 1.54) is 0 Å². The van der Waals surface area contributed by atoms with Crippen LogP contribution in [-0.2, 0) is 4.79 Å². The third kappa shape index (κ3) is 3.58. The Hall–Kier alpha value is -2.54. The number of amides is 1. The zero-order valence-electron chi connectivity index (χ0n) is 16.4. The number of anilines is 4. The molecule has 1 atom stereocenters. The van der Waals surface area contributed by atoms with Gasteiger partial charge < -0.3 is 20.4 Å². The molecule has 2 aromatic rings. The number of piperazine rings is 1. The summed E-state index contributed by atoms with van der Waals surface area (Å²) in [5, 5.41) is 7.07. The van der Waals surface area contributed by atoms with Crippen molar-refractivity contribution >= 4 is 40.5 Å². The number of aryl methyl sites for hydroxylation is 1. The van der Waals surface area contributed by atoms with Gasteiger partial charge in [0.05, 0.1) is 0 Å². The van der Waals surface area contributed by atoms with Crippen LogP contribution in [0.1, 0.15) is 19.7 Å². The first kappa shape index (κ1) is 18.8. The van der Waals surface area contributed by atoms with E-state index < -0.39 is 0 Å². The lowest BCUT2D eigenvalue weighted by molar-refractivity contribution is -0.117. The number of benzene rings is 1. The Kier molecular flexibility index (Phi) is 5.02. The number of rotatable bonds is 3. The van der Waals surface area contributed by atoms with E-state index in [4.69, 9.17) is 11.6 Å². The number of nitrogens with one attached hydrogen (secondary N) is 2. The Morgan fingerprint density at radius 1 is 1.14 bits per heavy atom. The van der Waals surface area contributed by atoms with Crippen LogP contribution in [0.3, 0.4) is 0 Å². The molecule has 4 rings (SSSR count). The van der Waals surface area contributed by atoms with E-state index >= 15 is 0 Å². The van der Waals surface area contributed by atoms with Crippen molar-refractivity contribution in [1.82, 2.24) is 9.97 Å². The third-order valence-electron chi connectivity index (χ3n) is 5.24. The Morgan fingerprint density at radius 2 is 1.86 bits per heavy atom. The van der Waals surface area contributed by atoms with E-state index in [2.05, 4.69) is 36.5 Å². The third-order valence-corrected chi connectivity index (χ3v) is 5.48. The molecule has 1 unspecified atom stereocenters. The van der Waals surface area contributed by atoms with Gasteiger partial charge in [0.2, 0.25) is 5.91 Å². The molecule has 0 bridgehead atoms. The summed E-state index contributed by atoms with van der Waals surface area (Å²) >= 11 is 6.13. The molecular formula is C20H25ClN6O. The number of hydrogen-bond donors (Lipinski definition) is 2. The maximum Gasteiger partial charge on any atom is 0.247 e. The molecule has 2 aliphatic rings. The molecule has 0 aliphatic carbocycles. The van der Waals surface area contributed by atoms with Crippen molar-refractivity contribution in [3.05, 3.63) is 35.1 Å². The molecule has 1 amide bonds. The van der Waals surface area contributed by atoms with Gasteiger partial charge in [-0.05, 0) is 31.0 Å². The lowest BCUT2D eigenvalue weighted by Gasteiger charge is -2.38. The van der Waals surface area contributed by atoms with E-state index in [-0.39, 0.29) is 17.9 Å². The van der Waals surface area contributed by atoms with Crippen molar-refractivity contribution in [2.45, 2.75) is 26.8 Å². The largest absolute Gasteiger partial charge is 0.368 e. The molecule has 28 heavy (non-hydrogen) atoms. The molecule has 2 aliphatic heterocycles. The van der Waals surface area contributed by atoms with E-state index in [1.54, 1.807) is 0 Å². The van der Waals surface area contributed by atoms with Gasteiger partial charge in [-0.15, -0.1) is 0 Å². The summed E-state index contributed by atoms with van der Waals surface area (Å²) in [6.45, 7) is 9.24. The minimum absolute atomic E-state index is 0.0335. The second-order valence-corrected chi connectivity index (χ2v) is 8.06. The number of halogens is 1. The summed E-state index contributed by atoms with van der Waals surface area (Å²) in [5.74, 6) is 2.33. The number of carbonyl (C=O) groups is 1. The number of hydrogen-bond acceptors (Lipinski definition) is 6. The number of nitrogens with zero attached hydrogens (tertiary/aromatic N) is 4. The van der Waals surface area contributed by atoms with E-state index in [9.17, 15) is 4.79 Å². The zero-order valence-corrected chi connectivity index (χ0v) is 17.1. The number of fused-ring (bicyclic) bond motifs is 1. The second kappa shape index (κ2) is 7.47. The molecule has 148 valence electrons. The molecule has 1 saturated heterocycles. The molecule has 0 spiro atoms. The first-order valence-electron chi connectivity index (χ1n) is 9.64. The van der Waals surface area contributed by atoms with Gasteiger partial charge in [-0.1, -0.05) is 31.5 Å². The highest BCUT2D eigenvalue weighted by molar-refractivity contribution is 6.30. The van der Waals surface area contributed by atoms with Crippen LogP contribution in [0, 0.1) is 12.8 Å². The Morgan fingerprint density at radius 3 is 2.54 bits per heavy atom. The summed E-state index contributed by atoms with van der Waals surface area (Å²) < 4.78 is 0. The van der Waals surface area contributed by atoms with Gasteiger partial charge in [-0.3, -0.25) is 4.79 Å². The maximum absolute atomic E-state index is 12.5. The van der Waals surface area contributed by atoms with Gasteiger partial charge in [-0.2, -0.15) is 0 Å². The number of carbonyl (C=O) groups excluding carboxylic acids is 1. The van der Waals surface area contributed by atoms with Crippen molar-refractivity contribution in [2.75, 3.05) is 46.6 Å². The number of aromatic nitrogens is 2. The van der Waals surface area contributed by atoms with Gasteiger partial charge in [0, 0.05) is 36.9 Å². The Balaban J connectivity index is 1.55. The quantitative estimate of drug-likeness (QED) is 0.824. The fourth-order valence-electron chi connectivity index (χ4n) is 3.74. The predicted molar refractivity (Wildman–Crippen MR) is 114 cm³/mol. The molecule has 8 heteroatoms. The average molecular weight is 401 g/mol. The van der Waals surface area contributed by atoms with Gasteiger partial charge in [-0.25, -0.2) is 9.97 Å². The molecule has 1 aromatic heterocycles. The summed E-state index contributed by atoms with van der Waals surface area (Å²) in [4.78, 5) is 26.2. The standard InChI is InChI=1S/C20H25ClN6O/c1-12(2)16-20(28)25-17-18(24-16)22-13(3)23-19(17)27-9-7-26(8-10-27)15-6-4-5-14(21)11-15/h4-6,11-12,16H,7-10H2,1-3H3,(H,25,28)(H,22,23,24).